The molecule has 0 spiro atoms. The standard InChI is InChI=1S/C14H17BrF3NO/c15-12-4-9(7-19-8-12)5-13(20)10-2-1-3-11(6-10)14(16,17)18/h4,7-8,10-11,13,20H,1-3,5-6H2. The van der Waals surface area contributed by atoms with Crippen LogP contribution in [-0.2, 0) is 6.42 Å². The number of hydrogen-bond donors (Lipinski definition) is 1. The molecule has 1 aliphatic carbocycles. The van der Waals surface area contributed by atoms with Crippen LogP contribution in [0.1, 0.15) is 31.2 Å². The first-order chi connectivity index (χ1) is 9.36. The summed E-state index contributed by atoms with van der Waals surface area (Å²) in [6.45, 7) is 0. The fourth-order valence-corrected chi connectivity index (χ4v) is 3.26. The Morgan fingerprint density at radius 3 is 2.75 bits per heavy atom. The van der Waals surface area contributed by atoms with Crippen LogP contribution in [0, 0.1) is 11.8 Å². The Bertz CT molecular complexity index is 452. The van der Waals surface area contributed by atoms with Gasteiger partial charge in [0.15, 0.2) is 0 Å². The Morgan fingerprint density at radius 2 is 2.10 bits per heavy atom. The average Bonchev–Trinajstić information content (AvgIpc) is 2.38. The summed E-state index contributed by atoms with van der Waals surface area (Å²) in [5, 5.41) is 10.2. The molecule has 2 nitrogen and oxygen atoms in total. The second kappa shape index (κ2) is 6.43. The van der Waals surface area contributed by atoms with Crippen LogP contribution < -0.4 is 0 Å². The van der Waals surface area contributed by atoms with Crippen LogP contribution in [0.2, 0.25) is 0 Å². The maximum Gasteiger partial charge on any atom is 0.391 e. The molecular weight excluding hydrogens is 335 g/mol. The predicted molar refractivity (Wildman–Crippen MR) is 73.2 cm³/mol. The van der Waals surface area contributed by atoms with E-state index in [1.807, 2.05) is 6.07 Å². The first kappa shape index (κ1) is 15.8. The minimum atomic E-state index is -4.14. The Balaban J connectivity index is 1.97. The van der Waals surface area contributed by atoms with Gasteiger partial charge in [0, 0.05) is 23.3 Å². The van der Waals surface area contributed by atoms with Crippen molar-refractivity contribution in [3.8, 4) is 0 Å². The highest BCUT2D eigenvalue weighted by atomic mass is 79.9. The summed E-state index contributed by atoms with van der Waals surface area (Å²) < 4.78 is 39.1. The number of hydrogen-bond acceptors (Lipinski definition) is 2. The van der Waals surface area contributed by atoms with Gasteiger partial charge in [0.1, 0.15) is 0 Å². The zero-order valence-corrected chi connectivity index (χ0v) is 12.5. The smallest absolute Gasteiger partial charge is 0.391 e. The fourth-order valence-electron chi connectivity index (χ4n) is 2.85. The van der Waals surface area contributed by atoms with E-state index < -0.39 is 18.2 Å². The molecule has 0 saturated heterocycles. The Labute approximate surface area is 124 Å². The maximum atomic E-state index is 12.8. The van der Waals surface area contributed by atoms with Crippen LogP contribution in [0.15, 0.2) is 22.9 Å². The van der Waals surface area contributed by atoms with Crippen molar-refractivity contribution in [1.82, 2.24) is 4.98 Å². The molecule has 3 unspecified atom stereocenters. The third-order valence-electron chi connectivity index (χ3n) is 3.93. The maximum absolute atomic E-state index is 12.8. The summed E-state index contributed by atoms with van der Waals surface area (Å²) >= 11 is 3.29. The molecule has 0 aliphatic heterocycles. The van der Waals surface area contributed by atoms with Crippen LogP contribution >= 0.6 is 15.9 Å². The highest BCUT2D eigenvalue weighted by molar-refractivity contribution is 9.10. The van der Waals surface area contributed by atoms with Crippen LogP contribution in [0.25, 0.3) is 0 Å². The Kier molecular flexibility index (Phi) is 5.07. The molecule has 0 amide bonds. The van der Waals surface area contributed by atoms with Crippen molar-refractivity contribution in [3.63, 3.8) is 0 Å². The van der Waals surface area contributed by atoms with Crippen molar-refractivity contribution in [3.05, 3.63) is 28.5 Å². The molecule has 1 fully saturated rings. The Hall–Kier alpha value is -0.620. The summed E-state index contributed by atoms with van der Waals surface area (Å²) in [7, 11) is 0. The molecule has 6 heteroatoms. The van der Waals surface area contributed by atoms with Gasteiger partial charge in [-0.15, -0.1) is 0 Å². The number of aliphatic hydroxyl groups excluding tert-OH is 1. The van der Waals surface area contributed by atoms with Crippen molar-refractivity contribution in [2.75, 3.05) is 0 Å². The van der Waals surface area contributed by atoms with Crippen molar-refractivity contribution in [1.29, 1.82) is 0 Å². The van der Waals surface area contributed by atoms with Gasteiger partial charge in [0.05, 0.1) is 12.0 Å². The molecule has 1 aromatic rings. The minimum Gasteiger partial charge on any atom is -0.392 e. The van der Waals surface area contributed by atoms with Crippen molar-refractivity contribution in [2.45, 2.75) is 44.4 Å². The lowest BCUT2D eigenvalue weighted by Gasteiger charge is -2.33. The second-order valence-electron chi connectivity index (χ2n) is 5.45. The lowest BCUT2D eigenvalue weighted by Crippen LogP contribution is -2.34. The topological polar surface area (TPSA) is 33.1 Å². The summed E-state index contributed by atoms with van der Waals surface area (Å²) in [4.78, 5) is 4.00. The lowest BCUT2D eigenvalue weighted by atomic mass is 9.77. The number of alkyl halides is 3. The van der Waals surface area contributed by atoms with Crippen molar-refractivity contribution in [2.24, 2.45) is 11.8 Å². The summed E-state index contributed by atoms with van der Waals surface area (Å²) in [5.74, 6) is -1.55. The third-order valence-corrected chi connectivity index (χ3v) is 4.36. The highest BCUT2D eigenvalue weighted by Gasteiger charge is 2.43. The molecule has 1 aliphatic rings. The van der Waals surface area contributed by atoms with E-state index in [4.69, 9.17) is 0 Å². The van der Waals surface area contributed by atoms with Crippen LogP contribution in [0.5, 0.6) is 0 Å². The van der Waals surface area contributed by atoms with Gasteiger partial charge < -0.3 is 5.11 Å². The van der Waals surface area contributed by atoms with Gasteiger partial charge in [-0.25, -0.2) is 0 Å². The van der Waals surface area contributed by atoms with Crippen LogP contribution in [-0.4, -0.2) is 22.4 Å². The van der Waals surface area contributed by atoms with Gasteiger partial charge in [-0.3, -0.25) is 4.98 Å². The van der Waals surface area contributed by atoms with Gasteiger partial charge >= 0.3 is 6.18 Å². The molecule has 1 aromatic heterocycles. The second-order valence-corrected chi connectivity index (χ2v) is 6.36. The van der Waals surface area contributed by atoms with E-state index in [0.717, 1.165) is 10.0 Å². The lowest BCUT2D eigenvalue weighted by molar-refractivity contribution is -0.188. The van der Waals surface area contributed by atoms with E-state index in [2.05, 4.69) is 20.9 Å². The van der Waals surface area contributed by atoms with Gasteiger partial charge in [-0.1, -0.05) is 6.42 Å². The van der Waals surface area contributed by atoms with Crippen LogP contribution in [0.4, 0.5) is 13.2 Å². The molecule has 0 radical (unpaired) electrons. The van der Waals surface area contributed by atoms with Gasteiger partial charge in [0.25, 0.3) is 0 Å². The van der Waals surface area contributed by atoms with Gasteiger partial charge in [-0.05, 0) is 52.7 Å². The normalized spacial score (nSPS) is 25.4. The number of nitrogens with zero attached hydrogens (tertiary/aromatic N) is 1. The van der Waals surface area contributed by atoms with Crippen molar-refractivity contribution >= 4 is 15.9 Å². The summed E-state index contributed by atoms with van der Waals surface area (Å²) in [6.07, 6.45) is 0.150. The molecule has 1 N–H and O–H groups in total. The predicted octanol–water partition coefficient (Wildman–Crippen LogP) is 4.12. The zero-order valence-electron chi connectivity index (χ0n) is 10.9. The molecule has 3 atom stereocenters. The molecule has 0 bridgehead atoms. The molecule has 112 valence electrons. The minimum absolute atomic E-state index is 0.0338. The average molecular weight is 352 g/mol. The van der Waals surface area contributed by atoms with E-state index in [9.17, 15) is 18.3 Å². The molecule has 1 heterocycles. The van der Waals surface area contributed by atoms with Gasteiger partial charge in [0.2, 0.25) is 0 Å². The zero-order chi connectivity index (χ0) is 14.8. The first-order valence-corrected chi connectivity index (χ1v) is 7.50. The summed E-state index contributed by atoms with van der Waals surface area (Å²) in [5.41, 5.74) is 0.834. The fraction of sp³-hybridized carbons (Fsp3) is 0.643. The van der Waals surface area contributed by atoms with Crippen LogP contribution in [0.3, 0.4) is 0 Å². The summed E-state index contributed by atoms with van der Waals surface area (Å²) in [6, 6.07) is 1.83. The molecule has 1 saturated carbocycles. The first-order valence-electron chi connectivity index (χ1n) is 6.70. The SMILES string of the molecule is OC(Cc1cncc(Br)c1)C1CCCC(C(F)(F)F)C1. The number of pyridine rings is 1. The molecule has 0 aromatic carbocycles. The van der Waals surface area contributed by atoms with E-state index in [1.54, 1.807) is 12.4 Å². The van der Waals surface area contributed by atoms with E-state index in [1.165, 1.54) is 0 Å². The number of aromatic nitrogens is 1. The van der Waals surface area contributed by atoms with E-state index >= 15 is 0 Å². The Morgan fingerprint density at radius 1 is 1.35 bits per heavy atom. The van der Waals surface area contributed by atoms with Gasteiger partial charge in [-0.2, -0.15) is 13.2 Å². The largest absolute Gasteiger partial charge is 0.392 e. The highest BCUT2D eigenvalue weighted by Crippen LogP contribution is 2.41. The third kappa shape index (κ3) is 4.19. The molecular formula is C14H17BrF3NO. The number of rotatable bonds is 3. The monoisotopic (exact) mass is 351 g/mol. The number of aliphatic hydroxyl groups is 1. The van der Waals surface area contributed by atoms with E-state index in [0.29, 0.717) is 19.3 Å². The van der Waals surface area contributed by atoms with Crippen molar-refractivity contribution < 1.29 is 18.3 Å². The number of halogens is 4. The quantitative estimate of drug-likeness (QED) is 0.888. The molecule has 2 rings (SSSR count). The molecule has 20 heavy (non-hydrogen) atoms. The van der Waals surface area contributed by atoms with E-state index in [-0.39, 0.29) is 18.8 Å².